The van der Waals surface area contributed by atoms with E-state index in [-0.39, 0.29) is 60.8 Å². The Bertz CT molecular complexity index is 699. The molecule has 27 heavy (non-hydrogen) atoms. The normalized spacial score (nSPS) is 27.7. The zero-order valence-corrected chi connectivity index (χ0v) is 17.7. The fourth-order valence-electron chi connectivity index (χ4n) is 3.49. The first-order chi connectivity index (χ1) is 12.3. The summed E-state index contributed by atoms with van der Waals surface area (Å²) >= 11 is 0. The molecule has 3 saturated heterocycles. The van der Waals surface area contributed by atoms with E-state index in [0.29, 0.717) is 11.6 Å². The molecule has 0 spiro atoms. The number of hydrogen-bond donors (Lipinski definition) is 3. The number of hydrazine groups is 1. The van der Waals surface area contributed by atoms with Crippen LogP contribution >= 0.6 is 0 Å². The van der Waals surface area contributed by atoms with Crippen molar-refractivity contribution < 1.29 is 61.2 Å². The molecular weight excluding hydrogens is 393 g/mol. The Labute approximate surface area is 178 Å². The number of nitrogens with zero attached hydrogens (tertiary/aromatic N) is 2. The maximum Gasteiger partial charge on any atom is 1.00 e. The number of fused-ring (bicyclic) bond motifs is 2. The average Bonchev–Trinajstić information content (AvgIpc) is 2.84. The predicted molar refractivity (Wildman–Crippen MR) is 83.4 cm³/mol. The molecule has 3 unspecified atom stereocenters. The van der Waals surface area contributed by atoms with Gasteiger partial charge in [-0.1, -0.05) is 0 Å². The molecule has 3 rings (SSSR count). The Balaban J connectivity index is 0.00000261. The Morgan fingerprint density at radius 3 is 2.52 bits per heavy atom. The molecule has 0 saturated carbocycles. The second-order valence-electron chi connectivity index (χ2n) is 6.51. The van der Waals surface area contributed by atoms with E-state index in [9.17, 15) is 27.4 Å². The number of amides is 4. The number of rotatable bonds is 4. The molecule has 3 fully saturated rings. The van der Waals surface area contributed by atoms with Crippen molar-refractivity contribution in [1.29, 1.82) is 0 Å². The van der Waals surface area contributed by atoms with Crippen molar-refractivity contribution in [2.45, 2.75) is 37.8 Å². The summed E-state index contributed by atoms with van der Waals surface area (Å²) in [7, 11) is -5.09. The molecule has 4 amide bonds. The van der Waals surface area contributed by atoms with Crippen LogP contribution in [0.1, 0.15) is 25.7 Å². The van der Waals surface area contributed by atoms with Crippen LogP contribution in [-0.4, -0.2) is 72.5 Å². The summed E-state index contributed by atoms with van der Waals surface area (Å²) in [6.07, 6.45) is 2.13. The average molecular weight is 413 g/mol. The summed E-state index contributed by atoms with van der Waals surface area (Å²) in [6, 6.07) is -2.36. The van der Waals surface area contributed by atoms with E-state index in [2.05, 4.69) is 20.5 Å². The zero-order valence-electron chi connectivity index (χ0n) is 14.8. The van der Waals surface area contributed by atoms with Crippen molar-refractivity contribution in [3.05, 3.63) is 0 Å². The van der Waals surface area contributed by atoms with Crippen molar-refractivity contribution in [2.24, 2.45) is 5.92 Å². The van der Waals surface area contributed by atoms with E-state index < -0.39 is 34.4 Å². The molecule has 3 heterocycles. The molecule has 0 aromatic carbocycles. The van der Waals surface area contributed by atoms with Crippen LogP contribution in [0.5, 0.6) is 0 Å². The largest absolute Gasteiger partial charge is 1.00 e. The van der Waals surface area contributed by atoms with Gasteiger partial charge in [0.2, 0.25) is 16.3 Å². The van der Waals surface area contributed by atoms with Gasteiger partial charge >= 0.3 is 35.6 Å². The van der Waals surface area contributed by atoms with E-state index >= 15 is 0 Å². The van der Waals surface area contributed by atoms with E-state index in [1.165, 1.54) is 0 Å². The minimum atomic E-state index is -5.09. The molecule has 14 heteroatoms. The van der Waals surface area contributed by atoms with Crippen molar-refractivity contribution in [1.82, 2.24) is 26.1 Å². The smallest absolute Gasteiger partial charge is 0.724 e. The van der Waals surface area contributed by atoms with Gasteiger partial charge in [-0.3, -0.25) is 20.4 Å². The van der Waals surface area contributed by atoms with Gasteiger partial charge < -0.3 is 14.8 Å². The second kappa shape index (κ2) is 9.03. The van der Waals surface area contributed by atoms with E-state index in [4.69, 9.17) is 0 Å². The van der Waals surface area contributed by atoms with Crippen LogP contribution in [0.4, 0.5) is 4.79 Å². The Morgan fingerprint density at radius 2 is 1.89 bits per heavy atom. The fraction of sp³-hybridized carbons (Fsp3) is 0.769. The molecular formula is C13H20N5NaO7S. The van der Waals surface area contributed by atoms with Crippen LogP contribution in [0.15, 0.2) is 0 Å². The van der Waals surface area contributed by atoms with Gasteiger partial charge in [-0.2, -0.15) is 9.35 Å². The third kappa shape index (κ3) is 5.31. The van der Waals surface area contributed by atoms with Gasteiger partial charge in [0.05, 0.1) is 12.0 Å². The molecule has 3 aliphatic rings. The van der Waals surface area contributed by atoms with Gasteiger partial charge in [0.1, 0.15) is 6.04 Å². The standard InChI is InChI=1S/C13H21N5O7S.Na/c19-11(8-2-1-5-14-6-8)15-16-12(20)10-4-3-9-7-17(10)13(21)18(9)25-26(22,23)24;/h8-10,14H,1-7H2,(H,15,19)(H,16,20)(H,22,23,24);/q;+1/p-1. The maximum absolute atomic E-state index is 12.3. The summed E-state index contributed by atoms with van der Waals surface area (Å²) in [6.45, 7) is 1.45. The minimum absolute atomic E-state index is 0. The van der Waals surface area contributed by atoms with Crippen molar-refractivity contribution in [3.63, 3.8) is 0 Å². The van der Waals surface area contributed by atoms with E-state index in [0.717, 1.165) is 24.3 Å². The van der Waals surface area contributed by atoms with Crippen molar-refractivity contribution in [3.8, 4) is 0 Å². The SMILES string of the molecule is O=C(NNC(=O)C1CCC2CN1C(=O)N2OS(=O)(=O)[O-])C1CCCNC1.[Na+]. The third-order valence-corrected chi connectivity index (χ3v) is 5.12. The number of urea groups is 1. The minimum Gasteiger partial charge on any atom is -0.724 e. The Morgan fingerprint density at radius 1 is 1.19 bits per heavy atom. The summed E-state index contributed by atoms with van der Waals surface area (Å²) in [5.41, 5.74) is 4.68. The zero-order chi connectivity index (χ0) is 18.9. The first-order valence-electron chi connectivity index (χ1n) is 8.32. The van der Waals surface area contributed by atoms with Crippen LogP contribution in [0.25, 0.3) is 0 Å². The van der Waals surface area contributed by atoms with Crippen LogP contribution in [0.3, 0.4) is 0 Å². The summed E-state index contributed by atoms with van der Waals surface area (Å²) in [4.78, 5) is 37.7. The van der Waals surface area contributed by atoms with Crippen LogP contribution < -0.4 is 45.7 Å². The fourth-order valence-corrected chi connectivity index (χ4v) is 3.87. The van der Waals surface area contributed by atoms with Gasteiger partial charge in [-0.15, -0.1) is 0 Å². The molecule has 0 aliphatic carbocycles. The van der Waals surface area contributed by atoms with E-state index in [1.807, 2.05) is 0 Å². The monoisotopic (exact) mass is 413 g/mol. The number of piperidine rings is 2. The third-order valence-electron chi connectivity index (χ3n) is 4.77. The van der Waals surface area contributed by atoms with Gasteiger partial charge in [-0.25, -0.2) is 13.2 Å². The molecule has 2 bridgehead atoms. The summed E-state index contributed by atoms with van der Waals surface area (Å²) in [5, 5.41) is 3.60. The van der Waals surface area contributed by atoms with Crippen molar-refractivity contribution >= 4 is 28.2 Å². The molecule has 12 nitrogen and oxygen atoms in total. The molecule has 0 aromatic rings. The second-order valence-corrected chi connectivity index (χ2v) is 7.48. The number of hydrogen-bond acceptors (Lipinski definition) is 8. The molecule has 0 radical (unpaired) electrons. The number of hydroxylamine groups is 2. The first kappa shape index (κ1) is 22.3. The molecule has 146 valence electrons. The van der Waals surface area contributed by atoms with E-state index in [1.54, 1.807) is 0 Å². The van der Waals surface area contributed by atoms with Gasteiger partial charge in [-0.05, 0) is 32.2 Å². The van der Waals surface area contributed by atoms with Crippen LogP contribution in [-0.2, 0) is 24.3 Å². The molecule has 0 aromatic heterocycles. The quantitative estimate of drug-likeness (QED) is 0.178. The molecule has 3 aliphatic heterocycles. The van der Waals surface area contributed by atoms with Crippen molar-refractivity contribution in [2.75, 3.05) is 19.6 Å². The van der Waals surface area contributed by atoms with Crippen LogP contribution in [0.2, 0.25) is 0 Å². The molecule has 3 N–H and O–H groups in total. The Kier molecular flexibility index (Phi) is 7.47. The number of carbonyl (C=O) groups is 3. The summed E-state index contributed by atoms with van der Waals surface area (Å²) < 4.78 is 36.4. The predicted octanol–water partition coefficient (Wildman–Crippen LogP) is -5.20. The van der Waals surface area contributed by atoms with Gasteiger partial charge in [0, 0.05) is 13.1 Å². The first-order valence-corrected chi connectivity index (χ1v) is 9.65. The molecule has 3 atom stereocenters. The number of carbonyl (C=O) groups excluding carboxylic acids is 3. The summed E-state index contributed by atoms with van der Waals surface area (Å²) in [5.74, 6) is -1.13. The maximum atomic E-state index is 12.3. The Hall–Kier alpha value is -0.960. The van der Waals surface area contributed by atoms with Crippen LogP contribution in [0, 0.1) is 5.92 Å². The van der Waals surface area contributed by atoms with Gasteiger partial charge in [0.15, 0.2) is 0 Å². The number of nitrogens with one attached hydrogen (secondary N) is 3. The van der Waals surface area contributed by atoms with Gasteiger partial charge in [0.25, 0.3) is 5.91 Å². The topological polar surface area (TPSA) is 160 Å².